The predicted molar refractivity (Wildman–Crippen MR) is 101 cm³/mol. The number of nitrogens with one attached hydrogen (secondary N) is 2. The van der Waals surface area contributed by atoms with Crippen molar-refractivity contribution in [3.05, 3.63) is 69.8 Å². The summed E-state index contributed by atoms with van der Waals surface area (Å²) >= 11 is 0. The van der Waals surface area contributed by atoms with Crippen LogP contribution in [0, 0.1) is 17.0 Å². The molecule has 0 saturated carbocycles. The lowest BCUT2D eigenvalue weighted by Crippen LogP contribution is -2.33. The molecule has 0 unspecified atom stereocenters. The van der Waals surface area contributed by atoms with Gasteiger partial charge in [-0.15, -0.1) is 0 Å². The maximum atomic E-state index is 11.8. The van der Waals surface area contributed by atoms with E-state index in [1.54, 1.807) is 31.2 Å². The maximum Gasteiger partial charge on any atom is 0.325 e. The zero-order valence-electron chi connectivity index (χ0n) is 15.1. The first-order valence-corrected chi connectivity index (χ1v) is 8.36. The van der Waals surface area contributed by atoms with E-state index in [1.165, 1.54) is 18.2 Å². The van der Waals surface area contributed by atoms with E-state index in [9.17, 15) is 24.5 Å². The highest BCUT2D eigenvalue weighted by Gasteiger charge is 2.14. The first-order valence-electron chi connectivity index (χ1n) is 8.36. The molecule has 2 N–H and O–H groups in total. The monoisotopic (exact) mass is 385 g/mol. The average Bonchev–Trinajstić information content (AvgIpc) is 2.67. The summed E-state index contributed by atoms with van der Waals surface area (Å²) in [7, 11) is 0. The summed E-state index contributed by atoms with van der Waals surface area (Å²) in [5.74, 6) is -1.77. The van der Waals surface area contributed by atoms with Crippen molar-refractivity contribution < 1.29 is 24.0 Å². The molecule has 2 rings (SSSR count). The molecule has 2 aromatic rings. The molecule has 9 heteroatoms. The number of hydrogen-bond acceptors (Lipinski definition) is 6. The number of nitro benzene ring substituents is 1. The lowest BCUT2D eigenvalue weighted by atomic mass is 10.1. The molecule has 0 aromatic heterocycles. The van der Waals surface area contributed by atoms with Gasteiger partial charge < -0.3 is 15.4 Å². The van der Waals surface area contributed by atoms with Crippen LogP contribution in [0.5, 0.6) is 0 Å². The van der Waals surface area contributed by atoms with Crippen LogP contribution in [0.1, 0.15) is 11.1 Å². The van der Waals surface area contributed by atoms with Crippen molar-refractivity contribution in [2.75, 3.05) is 18.5 Å². The zero-order chi connectivity index (χ0) is 20.5. The summed E-state index contributed by atoms with van der Waals surface area (Å²) in [6.45, 7) is 0.640. The van der Waals surface area contributed by atoms with Gasteiger partial charge >= 0.3 is 5.97 Å². The number of esters is 1. The Balaban J connectivity index is 1.73. The van der Waals surface area contributed by atoms with Crippen LogP contribution in [0.4, 0.5) is 11.4 Å². The normalized spacial score (nSPS) is 10.0. The molecule has 2 aromatic carbocycles. The molecule has 0 heterocycles. The number of hydrogen-bond donors (Lipinski definition) is 2. The Hall–Kier alpha value is -3.75. The van der Waals surface area contributed by atoms with E-state index in [1.807, 2.05) is 6.07 Å². The van der Waals surface area contributed by atoms with Gasteiger partial charge in [-0.05, 0) is 18.6 Å². The molecule has 9 nitrogen and oxygen atoms in total. The van der Waals surface area contributed by atoms with Gasteiger partial charge in [0.25, 0.3) is 11.6 Å². The van der Waals surface area contributed by atoms with Crippen LogP contribution in [0.15, 0.2) is 48.5 Å². The lowest BCUT2D eigenvalue weighted by Gasteiger charge is -2.08. The minimum absolute atomic E-state index is 0.126. The Morgan fingerprint density at radius 3 is 2.46 bits per heavy atom. The molecule has 0 spiro atoms. The van der Waals surface area contributed by atoms with Crippen molar-refractivity contribution in [2.45, 2.75) is 13.3 Å². The summed E-state index contributed by atoms with van der Waals surface area (Å²) in [4.78, 5) is 45.6. The molecule has 146 valence electrons. The molecule has 0 radical (unpaired) electrons. The fourth-order valence-electron chi connectivity index (χ4n) is 2.29. The van der Waals surface area contributed by atoms with E-state index in [0.717, 1.165) is 5.56 Å². The fourth-order valence-corrected chi connectivity index (χ4v) is 2.29. The van der Waals surface area contributed by atoms with Crippen molar-refractivity contribution >= 4 is 29.2 Å². The first-order chi connectivity index (χ1) is 13.3. The van der Waals surface area contributed by atoms with Gasteiger partial charge in [-0.25, -0.2) is 0 Å². The topological polar surface area (TPSA) is 128 Å². The Morgan fingerprint density at radius 1 is 1.07 bits per heavy atom. The number of carbonyl (C=O) groups is 3. The predicted octanol–water partition coefficient (Wildman–Crippen LogP) is 1.74. The van der Waals surface area contributed by atoms with Gasteiger partial charge in [0.05, 0.1) is 11.3 Å². The van der Waals surface area contributed by atoms with Crippen LogP contribution in [-0.4, -0.2) is 35.9 Å². The van der Waals surface area contributed by atoms with E-state index in [2.05, 4.69) is 10.6 Å². The molecule has 28 heavy (non-hydrogen) atoms. The van der Waals surface area contributed by atoms with Crippen LogP contribution in [-0.2, 0) is 25.5 Å². The fraction of sp³-hybridized carbons (Fsp3) is 0.211. The van der Waals surface area contributed by atoms with Gasteiger partial charge in [0.2, 0.25) is 5.91 Å². The second-order valence-corrected chi connectivity index (χ2v) is 5.91. The number of nitro groups is 1. The largest absolute Gasteiger partial charge is 0.454 e. The highest BCUT2D eigenvalue weighted by atomic mass is 16.6. The van der Waals surface area contributed by atoms with Gasteiger partial charge in [-0.3, -0.25) is 24.5 Å². The molecule has 0 aliphatic heterocycles. The van der Waals surface area contributed by atoms with E-state index < -0.39 is 23.4 Å². The summed E-state index contributed by atoms with van der Waals surface area (Å²) in [5.41, 5.74) is 1.35. The Morgan fingerprint density at radius 2 is 1.79 bits per heavy atom. The minimum atomic E-state index is -0.772. The second kappa shape index (κ2) is 9.81. The number of anilines is 1. The molecule has 0 bridgehead atoms. The van der Waals surface area contributed by atoms with Crippen LogP contribution >= 0.6 is 0 Å². The van der Waals surface area contributed by atoms with E-state index in [0.29, 0.717) is 5.56 Å². The van der Waals surface area contributed by atoms with Crippen molar-refractivity contribution in [3.8, 4) is 0 Å². The Labute approximate surface area is 160 Å². The third kappa shape index (κ3) is 6.52. The summed E-state index contributed by atoms with van der Waals surface area (Å²) in [5, 5.41) is 15.7. The smallest absolute Gasteiger partial charge is 0.325 e. The van der Waals surface area contributed by atoms with Crippen molar-refractivity contribution in [1.29, 1.82) is 0 Å². The summed E-state index contributed by atoms with van der Waals surface area (Å²) in [6, 6.07) is 13.2. The zero-order valence-corrected chi connectivity index (χ0v) is 15.1. The van der Waals surface area contributed by atoms with E-state index in [-0.39, 0.29) is 30.2 Å². The van der Waals surface area contributed by atoms with Crippen LogP contribution in [0.2, 0.25) is 0 Å². The molecule has 0 fully saturated rings. The van der Waals surface area contributed by atoms with E-state index >= 15 is 0 Å². The maximum absolute atomic E-state index is 11.8. The third-order valence-electron chi connectivity index (χ3n) is 3.69. The van der Waals surface area contributed by atoms with Crippen molar-refractivity contribution in [2.24, 2.45) is 0 Å². The number of carbonyl (C=O) groups excluding carboxylic acids is 3. The molecule has 0 aliphatic rings. The van der Waals surface area contributed by atoms with Crippen molar-refractivity contribution in [1.82, 2.24) is 5.32 Å². The minimum Gasteiger partial charge on any atom is -0.454 e. The summed E-state index contributed by atoms with van der Waals surface area (Å²) < 4.78 is 4.78. The Bertz CT molecular complexity index is 882. The first kappa shape index (κ1) is 20.6. The second-order valence-electron chi connectivity index (χ2n) is 5.91. The van der Waals surface area contributed by atoms with Gasteiger partial charge in [-0.2, -0.15) is 0 Å². The van der Waals surface area contributed by atoms with Gasteiger partial charge in [0.15, 0.2) is 6.61 Å². The van der Waals surface area contributed by atoms with Crippen LogP contribution < -0.4 is 10.6 Å². The quantitative estimate of drug-likeness (QED) is 0.405. The SMILES string of the molecule is Cc1ccc(NC(=O)COC(=O)CNC(=O)Cc2ccccc2)cc1[N+](=O)[O-]. The molecular formula is C19H19N3O6. The number of aryl methyl sites for hydroxylation is 1. The van der Waals surface area contributed by atoms with Crippen LogP contribution in [0.25, 0.3) is 0 Å². The standard InChI is InChI=1S/C19H19N3O6/c1-13-7-8-15(10-16(13)22(26)27)21-18(24)12-28-19(25)11-20-17(23)9-14-5-3-2-4-6-14/h2-8,10H,9,11-12H2,1H3,(H,20,23)(H,21,24). The molecule has 0 saturated heterocycles. The van der Waals surface area contributed by atoms with Gasteiger partial charge in [-0.1, -0.05) is 36.4 Å². The lowest BCUT2D eigenvalue weighted by molar-refractivity contribution is -0.385. The number of ether oxygens (including phenoxy) is 1. The molecular weight excluding hydrogens is 366 g/mol. The molecule has 0 atom stereocenters. The van der Waals surface area contributed by atoms with Crippen molar-refractivity contribution in [3.63, 3.8) is 0 Å². The number of benzene rings is 2. The molecule has 2 amide bonds. The third-order valence-corrected chi connectivity index (χ3v) is 3.69. The number of nitrogens with zero attached hydrogens (tertiary/aromatic N) is 1. The van der Waals surface area contributed by atoms with Gasteiger partial charge in [0.1, 0.15) is 6.54 Å². The number of amides is 2. The highest BCUT2D eigenvalue weighted by Crippen LogP contribution is 2.22. The summed E-state index contributed by atoms with van der Waals surface area (Å²) in [6.07, 6.45) is 0.126. The van der Waals surface area contributed by atoms with E-state index in [4.69, 9.17) is 4.74 Å². The molecule has 0 aliphatic carbocycles. The average molecular weight is 385 g/mol. The number of rotatable bonds is 8. The van der Waals surface area contributed by atoms with Crippen LogP contribution in [0.3, 0.4) is 0 Å². The Kier molecular flexibility index (Phi) is 7.21. The highest BCUT2D eigenvalue weighted by molar-refractivity contribution is 5.93. The van der Waals surface area contributed by atoms with Gasteiger partial charge in [0, 0.05) is 17.3 Å².